The molecule has 104 valence electrons. The summed E-state index contributed by atoms with van der Waals surface area (Å²) in [5.74, 6) is 0.664. The molecule has 1 amide bonds. The van der Waals surface area contributed by atoms with Crippen LogP contribution in [0.25, 0.3) is 0 Å². The molecule has 0 spiro atoms. The Kier molecular flexibility index (Phi) is 4.74. The molecule has 5 nitrogen and oxygen atoms in total. The highest BCUT2D eigenvalue weighted by Gasteiger charge is 2.24. The molecule has 2 heterocycles. The first-order chi connectivity index (χ1) is 9.20. The molecule has 0 saturated carbocycles. The fourth-order valence-corrected chi connectivity index (χ4v) is 2.45. The Morgan fingerprint density at radius 1 is 1.63 bits per heavy atom. The molecule has 1 saturated heterocycles. The summed E-state index contributed by atoms with van der Waals surface area (Å²) >= 11 is 0. The Morgan fingerprint density at radius 2 is 2.47 bits per heavy atom. The predicted octanol–water partition coefficient (Wildman–Crippen LogP) is 1.51. The maximum Gasteiger partial charge on any atom is 0.234 e. The lowest BCUT2D eigenvalue weighted by atomic mass is 10.0. The van der Waals surface area contributed by atoms with E-state index in [0.717, 1.165) is 37.9 Å². The smallest absolute Gasteiger partial charge is 0.234 e. The minimum Gasteiger partial charge on any atom is -0.467 e. The van der Waals surface area contributed by atoms with Crippen molar-refractivity contribution in [2.75, 3.05) is 13.1 Å². The molecule has 19 heavy (non-hydrogen) atoms. The molecule has 1 fully saturated rings. The topological polar surface area (TPSA) is 62.6 Å². The van der Waals surface area contributed by atoms with Crippen LogP contribution in [0, 0.1) is 0 Å². The maximum atomic E-state index is 12.0. The van der Waals surface area contributed by atoms with Crippen molar-refractivity contribution in [2.45, 2.75) is 38.3 Å². The van der Waals surface area contributed by atoms with Gasteiger partial charge in [0.1, 0.15) is 12.0 Å². The molecule has 2 unspecified atom stereocenters. The number of nitrogens with zero attached hydrogens (tertiary/aromatic N) is 1. The van der Waals surface area contributed by atoms with Gasteiger partial charge < -0.3 is 14.5 Å². The third-order valence-electron chi connectivity index (χ3n) is 3.52. The number of furan rings is 1. The van der Waals surface area contributed by atoms with E-state index in [4.69, 9.17) is 4.42 Å². The van der Waals surface area contributed by atoms with Crippen LogP contribution in [-0.2, 0) is 9.59 Å². The van der Waals surface area contributed by atoms with Gasteiger partial charge >= 0.3 is 0 Å². The number of likely N-dealkylation sites (tertiary alicyclic amines) is 1. The largest absolute Gasteiger partial charge is 0.467 e. The summed E-state index contributed by atoms with van der Waals surface area (Å²) in [6.07, 6.45) is 5.49. The zero-order valence-electron chi connectivity index (χ0n) is 11.2. The Hall–Kier alpha value is -1.62. The molecule has 2 rings (SSSR count). The van der Waals surface area contributed by atoms with Crippen LogP contribution in [0.1, 0.15) is 38.0 Å². The molecule has 1 N–H and O–H groups in total. The number of nitrogens with one attached hydrogen (secondary N) is 1. The molecule has 2 atom stereocenters. The second-order valence-corrected chi connectivity index (χ2v) is 4.97. The summed E-state index contributed by atoms with van der Waals surface area (Å²) in [5.41, 5.74) is 0. The number of carbonyl (C=O) groups excluding carboxylic acids is 2. The van der Waals surface area contributed by atoms with Gasteiger partial charge in [0, 0.05) is 0 Å². The molecule has 1 aliphatic heterocycles. The van der Waals surface area contributed by atoms with E-state index in [2.05, 4.69) is 5.32 Å². The van der Waals surface area contributed by atoms with Crippen molar-refractivity contribution in [3.63, 3.8) is 0 Å². The normalized spacial score (nSPS) is 21.8. The van der Waals surface area contributed by atoms with Crippen LogP contribution in [-0.4, -0.2) is 36.2 Å². The third-order valence-corrected chi connectivity index (χ3v) is 3.52. The predicted molar refractivity (Wildman–Crippen MR) is 70.5 cm³/mol. The highest BCUT2D eigenvalue weighted by Crippen LogP contribution is 2.16. The minimum absolute atomic E-state index is 0.0716. The minimum atomic E-state index is -0.151. The van der Waals surface area contributed by atoms with Crippen molar-refractivity contribution in [3.8, 4) is 0 Å². The zero-order valence-corrected chi connectivity index (χ0v) is 11.2. The van der Waals surface area contributed by atoms with Crippen LogP contribution >= 0.6 is 0 Å². The van der Waals surface area contributed by atoms with E-state index in [1.165, 1.54) is 0 Å². The molecule has 1 aromatic heterocycles. The van der Waals surface area contributed by atoms with Crippen molar-refractivity contribution in [2.24, 2.45) is 0 Å². The number of amides is 1. The van der Waals surface area contributed by atoms with Gasteiger partial charge in [-0.3, -0.25) is 9.69 Å². The van der Waals surface area contributed by atoms with Crippen molar-refractivity contribution < 1.29 is 14.0 Å². The summed E-state index contributed by atoms with van der Waals surface area (Å²) in [6, 6.07) is 3.37. The fourth-order valence-electron chi connectivity index (χ4n) is 2.45. The average Bonchev–Trinajstić information content (AvgIpc) is 2.93. The Bertz CT molecular complexity index is 416. The number of piperidine rings is 1. The molecule has 0 aliphatic carbocycles. The lowest BCUT2D eigenvalue weighted by Gasteiger charge is -2.31. The van der Waals surface area contributed by atoms with Gasteiger partial charge in [-0.05, 0) is 38.4 Å². The van der Waals surface area contributed by atoms with Crippen molar-refractivity contribution in [1.29, 1.82) is 0 Å². The Morgan fingerprint density at radius 3 is 3.16 bits per heavy atom. The molecular weight excluding hydrogens is 244 g/mol. The standard InChI is InChI=1S/C14H20N2O3/c1-11(13-6-4-8-19-13)15-14(18)9-16-7-3-2-5-12(16)10-17/h4,6,8,10-12H,2-3,5,7,9H2,1H3,(H,15,18). The average molecular weight is 264 g/mol. The van der Waals surface area contributed by atoms with Crippen molar-refractivity contribution in [3.05, 3.63) is 24.2 Å². The van der Waals surface area contributed by atoms with Gasteiger partial charge in [0.25, 0.3) is 0 Å². The van der Waals surface area contributed by atoms with Crippen molar-refractivity contribution >= 4 is 12.2 Å². The second-order valence-electron chi connectivity index (χ2n) is 4.97. The highest BCUT2D eigenvalue weighted by atomic mass is 16.3. The summed E-state index contributed by atoms with van der Waals surface area (Å²) in [6.45, 7) is 2.96. The number of rotatable bonds is 5. The van der Waals surface area contributed by atoms with E-state index in [-0.39, 0.29) is 24.5 Å². The quantitative estimate of drug-likeness (QED) is 0.819. The molecule has 0 radical (unpaired) electrons. The van der Waals surface area contributed by atoms with E-state index in [9.17, 15) is 9.59 Å². The monoisotopic (exact) mass is 264 g/mol. The summed E-state index contributed by atoms with van der Waals surface area (Å²) in [7, 11) is 0. The SMILES string of the molecule is CC(NC(=O)CN1CCCCC1C=O)c1ccco1. The van der Waals surface area contributed by atoms with Gasteiger partial charge in [-0.25, -0.2) is 0 Å². The number of hydrogen-bond acceptors (Lipinski definition) is 4. The Labute approximate surface area is 113 Å². The van der Waals surface area contributed by atoms with Gasteiger partial charge in [0.15, 0.2) is 0 Å². The van der Waals surface area contributed by atoms with Gasteiger partial charge in [-0.15, -0.1) is 0 Å². The zero-order chi connectivity index (χ0) is 13.7. The molecule has 5 heteroatoms. The maximum absolute atomic E-state index is 12.0. The molecule has 0 bridgehead atoms. The van der Waals surface area contributed by atoms with Crippen LogP contribution in [0.3, 0.4) is 0 Å². The summed E-state index contributed by atoms with van der Waals surface area (Å²) in [4.78, 5) is 24.9. The van der Waals surface area contributed by atoms with E-state index >= 15 is 0 Å². The van der Waals surface area contributed by atoms with Crippen LogP contribution in [0.2, 0.25) is 0 Å². The first-order valence-corrected chi connectivity index (χ1v) is 6.73. The Balaban J connectivity index is 1.85. The molecule has 0 aromatic carbocycles. The lowest BCUT2D eigenvalue weighted by Crippen LogP contribution is -2.46. The van der Waals surface area contributed by atoms with Gasteiger partial charge in [0.05, 0.1) is 24.9 Å². The first kappa shape index (κ1) is 13.8. The summed E-state index contributed by atoms with van der Waals surface area (Å²) < 4.78 is 5.24. The van der Waals surface area contributed by atoms with E-state index in [0.29, 0.717) is 0 Å². The van der Waals surface area contributed by atoms with Crippen LogP contribution in [0.5, 0.6) is 0 Å². The van der Waals surface area contributed by atoms with Gasteiger partial charge in [-0.1, -0.05) is 6.42 Å². The highest BCUT2D eigenvalue weighted by molar-refractivity contribution is 5.79. The van der Waals surface area contributed by atoms with E-state index < -0.39 is 0 Å². The molecule has 1 aliphatic rings. The number of hydrogen-bond donors (Lipinski definition) is 1. The van der Waals surface area contributed by atoms with E-state index in [1.54, 1.807) is 12.3 Å². The molecule has 1 aromatic rings. The van der Waals surface area contributed by atoms with Crippen LogP contribution < -0.4 is 5.32 Å². The first-order valence-electron chi connectivity index (χ1n) is 6.73. The van der Waals surface area contributed by atoms with Crippen LogP contribution in [0.15, 0.2) is 22.8 Å². The number of aldehydes is 1. The van der Waals surface area contributed by atoms with Gasteiger partial charge in [0.2, 0.25) is 5.91 Å². The lowest BCUT2D eigenvalue weighted by molar-refractivity contribution is -0.125. The second kappa shape index (κ2) is 6.52. The van der Waals surface area contributed by atoms with Crippen molar-refractivity contribution in [1.82, 2.24) is 10.2 Å². The fraction of sp³-hybridized carbons (Fsp3) is 0.571. The van der Waals surface area contributed by atoms with Gasteiger partial charge in [-0.2, -0.15) is 0 Å². The number of carbonyl (C=O) groups is 2. The third kappa shape index (κ3) is 3.67. The van der Waals surface area contributed by atoms with Crippen LogP contribution in [0.4, 0.5) is 0 Å². The summed E-state index contributed by atoms with van der Waals surface area (Å²) in [5, 5.41) is 2.88. The van der Waals surface area contributed by atoms with E-state index in [1.807, 2.05) is 17.9 Å². The molecular formula is C14H20N2O3.